The molecule has 2 heterocycles. The number of benzene rings is 1. The highest BCUT2D eigenvalue weighted by Gasteiger charge is 2.35. The average molecular weight is 350 g/mol. The van der Waals surface area contributed by atoms with Crippen LogP contribution in [0.2, 0.25) is 0 Å². The first kappa shape index (κ1) is 17.8. The number of aliphatic carboxylic acids is 1. The summed E-state index contributed by atoms with van der Waals surface area (Å²) < 4.78 is 19.1. The number of rotatable bonds is 4. The summed E-state index contributed by atoms with van der Waals surface area (Å²) in [5, 5.41) is 9.12. The third-order valence-electron chi connectivity index (χ3n) is 4.97. The zero-order valence-corrected chi connectivity index (χ0v) is 14.1. The number of hydrogen-bond acceptors (Lipinski definition) is 4. The quantitative estimate of drug-likeness (QED) is 0.892. The topological polar surface area (TPSA) is 70.1 Å². The summed E-state index contributed by atoms with van der Waals surface area (Å²) in [4.78, 5) is 28.0. The van der Waals surface area contributed by atoms with Crippen LogP contribution >= 0.6 is 0 Å². The van der Waals surface area contributed by atoms with E-state index < -0.39 is 12.0 Å². The van der Waals surface area contributed by atoms with Crippen LogP contribution in [0, 0.1) is 11.7 Å². The molecule has 1 aromatic carbocycles. The van der Waals surface area contributed by atoms with E-state index in [0.717, 1.165) is 0 Å². The molecular formula is C18H23FN2O4. The lowest BCUT2D eigenvalue weighted by Crippen LogP contribution is -2.49. The van der Waals surface area contributed by atoms with Gasteiger partial charge >= 0.3 is 5.97 Å². The lowest BCUT2D eigenvalue weighted by atomic mass is 9.95. The number of nitrogens with zero attached hydrogens (tertiary/aromatic N) is 2. The van der Waals surface area contributed by atoms with Crippen molar-refractivity contribution in [2.75, 3.05) is 39.4 Å². The van der Waals surface area contributed by atoms with E-state index in [2.05, 4.69) is 0 Å². The predicted molar refractivity (Wildman–Crippen MR) is 88.5 cm³/mol. The Hall–Kier alpha value is -1.99. The second-order valence-corrected chi connectivity index (χ2v) is 6.54. The third kappa shape index (κ3) is 4.16. The summed E-state index contributed by atoms with van der Waals surface area (Å²) in [6, 6.07) is 5.60. The standard InChI is InChI=1S/C18H23FN2O4/c19-15-3-1-2-14(12-15)16(20-8-10-25-11-9-20)17(22)21-6-4-13(5-7-21)18(23)24/h1-3,12-13,16H,4-11H2,(H,23,24). The number of morpholine rings is 1. The fourth-order valence-corrected chi connectivity index (χ4v) is 3.54. The van der Waals surface area contributed by atoms with Crippen LogP contribution in [0.15, 0.2) is 24.3 Å². The number of carboxylic acid groups (broad SMARTS) is 1. The van der Waals surface area contributed by atoms with Crippen LogP contribution in [0.3, 0.4) is 0 Å². The van der Waals surface area contributed by atoms with Crippen molar-refractivity contribution < 1.29 is 23.8 Å². The molecule has 0 radical (unpaired) electrons. The minimum absolute atomic E-state index is 0.0867. The van der Waals surface area contributed by atoms with E-state index >= 15 is 0 Å². The van der Waals surface area contributed by atoms with Crippen LogP contribution in [0.1, 0.15) is 24.4 Å². The highest BCUT2D eigenvalue weighted by atomic mass is 19.1. The van der Waals surface area contributed by atoms with Gasteiger partial charge in [0.15, 0.2) is 0 Å². The lowest BCUT2D eigenvalue weighted by Gasteiger charge is -2.38. The molecule has 2 aliphatic rings. The lowest BCUT2D eigenvalue weighted by molar-refractivity contribution is -0.148. The molecule has 1 N–H and O–H groups in total. The molecule has 2 fully saturated rings. The fraction of sp³-hybridized carbons (Fsp3) is 0.556. The van der Waals surface area contributed by atoms with Crippen LogP contribution in [0.25, 0.3) is 0 Å². The molecule has 0 saturated carbocycles. The minimum Gasteiger partial charge on any atom is -0.481 e. The van der Waals surface area contributed by atoms with Crippen molar-refractivity contribution in [2.24, 2.45) is 5.92 Å². The fourth-order valence-electron chi connectivity index (χ4n) is 3.54. The number of likely N-dealkylation sites (tertiary alicyclic amines) is 1. The molecule has 3 rings (SSSR count). The Bertz CT molecular complexity index is 625. The van der Waals surface area contributed by atoms with Gasteiger partial charge in [0.1, 0.15) is 11.9 Å². The highest BCUT2D eigenvalue weighted by Crippen LogP contribution is 2.27. The highest BCUT2D eigenvalue weighted by molar-refractivity contribution is 5.83. The van der Waals surface area contributed by atoms with Gasteiger partial charge in [0.25, 0.3) is 0 Å². The maximum atomic E-state index is 13.7. The molecule has 1 aromatic rings. The SMILES string of the molecule is O=C(O)C1CCN(C(=O)C(c2cccc(F)c2)N2CCOCC2)CC1. The number of carbonyl (C=O) groups is 2. The van der Waals surface area contributed by atoms with Gasteiger partial charge in [0.05, 0.1) is 19.1 Å². The summed E-state index contributed by atoms with van der Waals surface area (Å²) in [5.74, 6) is -1.65. The van der Waals surface area contributed by atoms with E-state index in [4.69, 9.17) is 9.84 Å². The van der Waals surface area contributed by atoms with E-state index in [1.165, 1.54) is 12.1 Å². The predicted octanol–water partition coefficient (Wildman–Crippen LogP) is 1.52. The summed E-state index contributed by atoms with van der Waals surface area (Å²) in [6.45, 7) is 3.15. The molecule has 0 aliphatic carbocycles. The van der Waals surface area contributed by atoms with Gasteiger partial charge in [-0.1, -0.05) is 12.1 Å². The van der Waals surface area contributed by atoms with Gasteiger partial charge in [-0.15, -0.1) is 0 Å². The first-order valence-corrected chi connectivity index (χ1v) is 8.65. The van der Waals surface area contributed by atoms with Crippen LogP contribution in [-0.4, -0.2) is 66.2 Å². The van der Waals surface area contributed by atoms with Crippen LogP contribution < -0.4 is 0 Å². The Morgan fingerprint density at radius 3 is 2.44 bits per heavy atom. The van der Waals surface area contributed by atoms with Crippen molar-refractivity contribution in [1.82, 2.24) is 9.80 Å². The number of halogens is 1. The normalized spacial score (nSPS) is 21.1. The first-order chi connectivity index (χ1) is 12.1. The van der Waals surface area contributed by atoms with Crippen LogP contribution in [0.5, 0.6) is 0 Å². The van der Waals surface area contributed by atoms with Gasteiger partial charge in [-0.25, -0.2) is 4.39 Å². The Morgan fingerprint density at radius 2 is 1.84 bits per heavy atom. The second-order valence-electron chi connectivity index (χ2n) is 6.54. The molecule has 7 heteroatoms. The number of hydrogen-bond donors (Lipinski definition) is 1. The van der Waals surface area contributed by atoms with Gasteiger partial charge in [-0.3, -0.25) is 14.5 Å². The zero-order valence-electron chi connectivity index (χ0n) is 14.1. The van der Waals surface area contributed by atoms with Crippen LogP contribution in [-0.2, 0) is 14.3 Å². The number of piperidine rings is 1. The van der Waals surface area contributed by atoms with Crippen molar-refractivity contribution in [3.05, 3.63) is 35.6 Å². The Labute approximate surface area is 146 Å². The van der Waals surface area contributed by atoms with E-state index in [0.29, 0.717) is 57.8 Å². The Balaban J connectivity index is 1.79. The summed E-state index contributed by atoms with van der Waals surface area (Å²) in [6.07, 6.45) is 0.917. The van der Waals surface area contributed by atoms with Gasteiger partial charge in [-0.05, 0) is 30.5 Å². The Morgan fingerprint density at radius 1 is 1.16 bits per heavy atom. The molecule has 2 saturated heterocycles. The van der Waals surface area contributed by atoms with E-state index in [9.17, 15) is 14.0 Å². The minimum atomic E-state index is -0.804. The molecule has 0 aromatic heterocycles. The monoisotopic (exact) mass is 350 g/mol. The largest absolute Gasteiger partial charge is 0.481 e. The molecule has 2 aliphatic heterocycles. The van der Waals surface area contributed by atoms with E-state index in [-0.39, 0.29) is 17.6 Å². The molecule has 1 atom stereocenters. The second kappa shape index (κ2) is 7.93. The van der Waals surface area contributed by atoms with Gasteiger partial charge < -0.3 is 14.7 Å². The van der Waals surface area contributed by atoms with Crippen molar-refractivity contribution in [2.45, 2.75) is 18.9 Å². The molecule has 1 amide bonds. The molecule has 0 bridgehead atoms. The molecule has 1 unspecified atom stereocenters. The van der Waals surface area contributed by atoms with Crippen molar-refractivity contribution in [3.63, 3.8) is 0 Å². The first-order valence-electron chi connectivity index (χ1n) is 8.65. The van der Waals surface area contributed by atoms with Gasteiger partial charge in [0, 0.05) is 26.2 Å². The summed E-state index contributed by atoms with van der Waals surface area (Å²) in [7, 11) is 0. The molecule has 6 nitrogen and oxygen atoms in total. The smallest absolute Gasteiger partial charge is 0.306 e. The number of carboxylic acids is 1. The van der Waals surface area contributed by atoms with Gasteiger partial charge in [-0.2, -0.15) is 0 Å². The van der Waals surface area contributed by atoms with Crippen LogP contribution in [0.4, 0.5) is 4.39 Å². The van der Waals surface area contributed by atoms with Crippen molar-refractivity contribution in [3.8, 4) is 0 Å². The van der Waals surface area contributed by atoms with E-state index in [1.54, 1.807) is 17.0 Å². The number of amides is 1. The molecule has 136 valence electrons. The zero-order chi connectivity index (χ0) is 17.8. The van der Waals surface area contributed by atoms with E-state index in [1.807, 2.05) is 4.90 Å². The average Bonchev–Trinajstić information content (AvgIpc) is 2.63. The summed E-state index contributed by atoms with van der Waals surface area (Å²) in [5.41, 5.74) is 0.632. The van der Waals surface area contributed by atoms with Gasteiger partial charge in [0.2, 0.25) is 5.91 Å². The Kier molecular flexibility index (Phi) is 5.65. The molecule has 0 spiro atoms. The molecule has 25 heavy (non-hydrogen) atoms. The summed E-state index contributed by atoms with van der Waals surface area (Å²) >= 11 is 0. The number of ether oxygens (including phenoxy) is 1. The third-order valence-corrected chi connectivity index (χ3v) is 4.97. The molecular weight excluding hydrogens is 327 g/mol. The van der Waals surface area contributed by atoms with Crippen molar-refractivity contribution >= 4 is 11.9 Å². The van der Waals surface area contributed by atoms with Crippen molar-refractivity contribution in [1.29, 1.82) is 0 Å². The maximum Gasteiger partial charge on any atom is 0.306 e. The number of carbonyl (C=O) groups excluding carboxylic acids is 1. The maximum absolute atomic E-state index is 13.7.